The topological polar surface area (TPSA) is 58.6 Å². The van der Waals surface area contributed by atoms with Crippen molar-refractivity contribution in [1.29, 1.82) is 0 Å². The van der Waals surface area contributed by atoms with Crippen LogP contribution in [0, 0.1) is 6.92 Å². The number of aromatic nitrogens is 2. The molecule has 2 heterocycles. The number of ether oxygens (including phenoxy) is 1. The van der Waals surface area contributed by atoms with Gasteiger partial charge in [0, 0.05) is 31.2 Å². The third-order valence-corrected chi connectivity index (χ3v) is 4.62. The Morgan fingerprint density at radius 3 is 2.58 bits per heavy atom. The van der Waals surface area contributed by atoms with Gasteiger partial charge < -0.3 is 14.5 Å². The van der Waals surface area contributed by atoms with E-state index < -0.39 is 5.60 Å². The molecule has 1 fully saturated rings. The lowest BCUT2D eigenvalue weighted by Crippen LogP contribution is -2.55. The first-order valence-corrected chi connectivity index (χ1v) is 9.39. The Kier molecular flexibility index (Phi) is 6.26. The van der Waals surface area contributed by atoms with Crippen LogP contribution in [-0.4, -0.2) is 52.2 Å². The number of carbonyl (C=O) groups excluding carboxylic acids is 1. The SMILES string of the molecule is C/C=C(/CC)c1c(C)ncnc1N1CCN(C(=O)OC(C)(C)C)C(C)C1. The highest BCUT2D eigenvalue weighted by Gasteiger charge is 2.32. The van der Waals surface area contributed by atoms with Crippen LogP contribution in [0.3, 0.4) is 0 Å². The molecule has 0 spiro atoms. The van der Waals surface area contributed by atoms with E-state index >= 15 is 0 Å². The van der Waals surface area contributed by atoms with Crippen LogP contribution in [0.2, 0.25) is 0 Å². The molecular formula is C20H32N4O2. The summed E-state index contributed by atoms with van der Waals surface area (Å²) in [6.07, 6.45) is 4.45. The number of hydrogen-bond donors (Lipinski definition) is 0. The van der Waals surface area contributed by atoms with E-state index in [1.54, 1.807) is 6.33 Å². The summed E-state index contributed by atoms with van der Waals surface area (Å²) >= 11 is 0. The molecule has 0 aliphatic carbocycles. The van der Waals surface area contributed by atoms with E-state index in [0.29, 0.717) is 6.54 Å². The van der Waals surface area contributed by atoms with Gasteiger partial charge in [-0.2, -0.15) is 0 Å². The van der Waals surface area contributed by atoms with Crippen LogP contribution in [0.4, 0.5) is 10.6 Å². The summed E-state index contributed by atoms with van der Waals surface area (Å²) in [5, 5.41) is 0. The molecule has 2 rings (SSSR count). The van der Waals surface area contributed by atoms with E-state index in [4.69, 9.17) is 4.74 Å². The first kappa shape index (κ1) is 20.2. The summed E-state index contributed by atoms with van der Waals surface area (Å²) < 4.78 is 5.54. The standard InChI is InChI=1S/C20H32N4O2/c1-8-16(9-2)17-15(4)21-13-22-18(17)23-10-11-24(14(3)12-23)19(25)26-20(5,6)7/h8,13-14H,9-12H2,1-7H3/b16-8-. The maximum absolute atomic E-state index is 12.4. The lowest BCUT2D eigenvalue weighted by atomic mass is 10.0. The average Bonchev–Trinajstić information content (AvgIpc) is 2.55. The second-order valence-corrected chi connectivity index (χ2v) is 7.79. The quantitative estimate of drug-likeness (QED) is 0.814. The fourth-order valence-corrected chi connectivity index (χ4v) is 3.34. The van der Waals surface area contributed by atoms with Gasteiger partial charge in [-0.25, -0.2) is 14.8 Å². The molecular weight excluding hydrogens is 328 g/mol. The largest absolute Gasteiger partial charge is 0.444 e. The Bertz CT molecular complexity index is 679. The Hall–Kier alpha value is -2.11. The van der Waals surface area contributed by atoms with Gasteiger partial charge >= 0.3 is 6.09 Å². The van der Waals surface area contributed by atoms with E-state index in [9.17, 15) is 4.79 Å². The van der Waals surface area contributed by atoms with Gasteiger partial charge in [0.2, 0.25) is 0 Å². The van der Waals surface area contributed by atoms with E-state index in [0.717, 1.165) is 36.6 Å². The number of nitrogens with zero attached hydrogens (tertiary/aromatic N) is 4. The zero-order valence-corrected chi connectivity index (χ0v) is 17.2. The van der Waals surface area contributed by atoms with E-state index in [-0.39, 0.29) is 12.1 Å². The molecule has 6 heteroatoms. The predicted molar refractivity (Wildman–Crippen MR) is 105 cm³/mol. The van der Waals surface area contributed by atoms with Gasteiger partial charge in [0.15, 0.2) is 0 Å². The summed E-state index contributed by atoms with van der Waals surface area (Å²) in [4.78, 5) is 25.5. The van der Waals surface area contributed by atoms with Crippen LogP contribution in [0.25, 0.3) is 5.57 Å². The number of rotatable bonds is 3. The van der Waals surface area contributed by atoms with Crippen molar-refractivity contribution >= 4 is 17.5 Å². The zero-order chi connectivity index (χ0) is 19.5. The van der Waals surface area contributed by atoms with Crippen molar-refractivity contribution < 1.29 is 9.53 Å². The molecule has 0 saturated carbocycles. The number of carbonyl (C=O) groups is 1. The van der Waals surface area contributed by atoms with Crippen LogP contribution in [0.15, 0.2) is 12.4 Å². The van der Waals surface area contributed by atoms with Gasteiger partial charge in [0.1, 0.15) is 17.7 Å². The Balaban J connectivity index is 2.22. The molecule has 1 amide bonds. The van der Waals surface area contributed by atoms with Gasteiger partial charge in [-0.05, 0) is 53.5 Å². The maximum atomic E-state index is 12.4. The van der Waals surface area contributed by atoms with Crippen LogP contribution < -0.4 is 4.90 Å². The van der Waals surface area contributed by atoms with Crippen molar-refractivity contribution in [3.63, 3.8) is 0 Å². The van der Waals surface area contributed by atoms with Crippen LogP contribution in [-0.2, 0) is 4.74 Å². The third kappa shape index (κ3) is 4.54. The summed E-state index contributed by atoms with van der Waals surface area (Å²) in [7, 11) is 0. The summed E-state index contributed by atoms with van der Waals surface area (Å²) in [5.41, 5.74) is 2.88. The number of allylic oxidation sites excluding steroid dienone is 2. The minimum absolute atomic E-state index is 0.0532. The highest BCUT2D eigenvalue weighted by molar-refractivity contribution is 5.76. The smallest absolute Gasteiger partial charge is 0.410 e. The minimum Gasteiger partial charge on any atom is -0.444 e. The molecule has 0 radical (unpaired) electrons. The number of hydrogen-bond acceptors (Lipinski definition) is 5. The normalized spacial score (nSPS) is 18.9. The molecule has 1 unspecified atom stereocenters. The number of piperazine rings is 1. The molecule has 1 atom stereocenters. The van der Waals surface area contributed by atoms with Gasteiger partial charge in [0.05, 0.1) is 5.69 Å². The lowest BCUT2D eigenvalue weighted by Gasteiger charge is -2.41. The van der Waals surface area contributed by atoms with Crippen molar-refractivity contribution in [1.82, 2.24) is 14.9 Å². The molecule has 144 valence electrons. The Morgan fingerprint density at radius 1 is 1.35 bits per heavy atom. The first-order chi connectivity index (χ1) is 12.2. The molecule has 0 aromatic carbocycles. The molecule has 1 saturated heterocycles. The van der Waals surface area contributed by atoms with Crippen LogP contribution in [0.5, 0.6) is 0 Å². The van der Waals surface area contributed by atoms with Crippen molar-refractivity contribution in [2.24, 2.45) is 0 Å². The van der Waals surface area contributed by atoms with Gasteiger partial charge in [-0.3, -0.25) is 0 Å². The fraction of sp³-hybridized carbons (Fsp3) is 0.650. The first-order valence-electron chi connectivity index (χ1n) is 9.39. The van der Waals surface area contributed by atoms with Crippen molar-refractivity contribution in [3.8, 4) is 0 Å². The van der Waals surface area contributed by atoms with Crippen LogP contribution in [0.1, 0.15) is 59.2 Å². The molecule has 1 aromatic heterocycles. The molecule has 26 heavy (non-hydrogen) atoms. The molecule has 1 aromatic rings. The van der Waals surface area contributed by atoms with Gasteiger partial charge in [0.25, 0.3) is 0 Å². The molecule has 0 N–H and O–H groups in total. The van der Waals surface area contributed by atoms with Crippen molar-refractivity contribution in [2.75, 3.05) is 24.5 Å². The zero-order valence-electron chi connectivity index (χ0n) is 17.2. The minimum atomic E-state index is -0.479. The summed E-state index contributed by atoms with van der Waals surface area (Å²) in [6.45, 7) is 16.0. The van der Waals surface area contributed by atoms with Gasteiger partial charge in [-0.15, -0.1) is 0 Å². The number of amides is 1. The van der Waals surface area contributed by atoms with Gasteiger partial charge in [-0.1, -0.05) is 13.0 Å². The van der Waals surface area contributed by atoms with E-state index in [2.05, 4.69) is 41.7 Å². The van der Waals surface area contributed by atoms with Crippen molar-refractivity contribution in [2.45, 2.75) is 66.5 Å². The summed E-state index contributed by atoms with van der Waals surface area (Å²) in [5.74, 6) is 0.961. The second-order valence-electron chi connectivity index (χ2n) is 7.79. The predicted octanol–water partition coefficient (Wildman–Crippen LogP) is 4.04. The third-order valence-electron chi connectivity index (χ3n) is 4.62. The molecule has 1 aliphatic heterocycles. The lowest BCUT2D eigenvalue weighted by molar-refractivity contribution is 0.0158. The monoisotopic (exact) mass is 360 g/mol. The molecule has 6 nitrogen and oxygen atoms in total. The second kappa shape index (κ2) is 8.06. The molecule has 0 bridgehead atoms. The van der Waals surface area contributed by atoms with Crippen LogP contribution >= 0.6 is 0 Å². The number of anilines is 1. The molecule has 1 aliphatic rings. The van der Waals surface area contributed by atoms with E-state index in [1.165, 1.54) is 5.57 Å². The van der Waals surface area contributed by atoms with Crippen molar-refractivity contribution in [3.05, 3.63) is 23.7 Å². The Labute approximate surface area is 157 Å². The maximum Gasteiger partial charge on any atom is 0.410 e. The highest BCUT2D eigenvalue weighted by atomic mass is 16.6. The average molecular weight is 361 g/mol. The fourth-order valence-electron chi connectivity index (χ4n) is 3.34. The summed E-state index contributed by atoms with van der Waals surface area (Å²) in [6, 6.07) is 0.0532. The Morgan fingerprint density at radius 2 is 2.04 bits per heavy atom. The van der Waals surface area contributed by atoms with E-state index in [1.807, 2.05) is 32.6 Å². The highest BCUT2D eigenvalue weighted by Crippen LogP contribution is 2.30. The number of aryl methyl sites for hydroxylation is 1.